The number of allylic oxidation sites excluding steroid dienone is 2. The maximum atomic E-state index is 12.7. The molecular weight excluding hydrogens is 1500 g/mol. The minimum absolute atomic E-state index is 0. The SMILES string of the molecule is C=CC(=O)OC(C)(C)C.CC(=O)/C=C/c1cnc2c(c1)CCC(=O)N2.CC(=O)/C=C/c1cnc2c(c1)CCC(=O)N2.Cl.O=C(O)/C=C/c1cnc2c(c1)CCC(=O)N2.O=C1CCc2cc(/C=C/C(=O)N3CCC4c5ccccc5OC4C3)cnc2N1.O=C1CCc2cc(Br)cnc2N1.c1ccc2c3c(oc2c1)CNCC3. The first-order valence-electron chi connectivity index (χ1n) is 35.9. The van der Waals surface area contributed by atoms with Crippen LogP contribution < -0.4 is 36.6 Å². The van der Waals surface area contributed by atoms with Crippen molar-refractivity contribution in [3.05, 3.63) is 218 Å². The highest BCUT2D eigenvalue weighted by molar-refractivity contribution is 9.10. The minimum atomic E-state index is -0.994. The van der Waals surface area contributed by atoms with Gasteiger partial charge in [-0.3, -0.25) is 38.4 Å². The van der Waals surface area contributed by atoms with Gasteiger partial charge in [-0.05, 0) is 231 Å². The molecule has 26 nitrogen and oxygen atoms in total. The van der Waals surface area contributed by atoms with Crippen LogP contribution in [0.5, 0.6) is 5.75 Å². The van der Waals surface area contributed by atoms with E-state index in [0.29, 0.717) is 99.3 Å². The summed E-state index contributed by atoms with van der Waals surface area (Å²) in [6.07, 6.45) is 29.8. The van der Waals surface area contributed by atoms with Crippen molar-refractivity contribution in [2.75, 3.05) is 46.2 Å². The Morgan fingerprint density at radius 1 is 0.568 bits per heavy atom. The van der Waals surface area contributed by atoms with Crippen LogP contribution in [0.15, 0.2) is 156 Å². The maximum absolute atomic E-state index is 12.7. The molecule has 2 unspecified atom stereocenters. The fraction of sp³-hybridized carbons (Fsp3) is 0.289. The molecule has 1 fully saturated rings. The van der Waals surface area contributed by atoms with Gasteiger partial charge in [-0.25, -0.2) is 34.5 Å². The zero-order chi connectivity index (χ0) is 78.4. The van der Waals surface area contributed by atoms with E-state index in [1.807, 2.05) is 86.3 Å². The lowest BCUT2D eigenvalue weighted by Crippen LogP contribution is -2.45. The summed E-state index contributed by atoms with van der Waals surface area (Å²) in [5, 5.41) is 26.7. The van der Waals surface area contributed by atoms with Gasteiger partial charge in [-0.15, -0.1) is 12.4 Å². The largest absolute Gasteiger partial charge is 0.488 e. The number of carboxylic acid groups (broad SMARTS) is 1. The van der Waals surface area contributed by atoms with E-state index in [2.05, 4.69) is 97.5 Å². The van der Waals surface area contributed by atoms with Crippen LogP contribution in [0.2, 0.25) is 0 Å². The zero-order valence-corrected chi connectivity index (χ0v) is 64.4. The molecule has 111 heavy (non-hydrogen) atoms. The van der Waals surface area contributed by atoms with Crippen LogP contribution in [0.4, 0.5) is 29.1 Å². The molecule has 14 heterocycles. The topological polar surface area (TPSA) is 362 Å². The molecule has 8 aromatic rings. The Morgan fingerprint density at radius 2 is 0.991 bits per heavy atom. The number of fused-ring (bicyclic) bond motifs is 11. The number of carbonyl (C=O) groups is 10. The molecule has 8 aliphatic heterocycles. The predicted octanol–water partition coefficient (Wildman–Crippen LogP) is 12.7. The molecule has 6 aromatic heterocycles. The van der Waals surface area contributed by atoms with Crippen LogP contribution in [0, 0.1) is 0 Å². The number of ketones is 2. The number of esters is 1. The Balaban J connectivity index is 0.000000153. The number of likely N-dealkylation sites (tertiary alicyclic amines) is 1. The summed E-state index contributed by atoms with van der Waals surface area (Å²) in [6, 6.07) is 26.1. The first kappa shape index (κ1) is 83.1. The Bertz CT molecular complexity index is 4770. The molecule has 0 bridgehead atoms. The van der Waals surface area contributed by atoms with Crippen molar-refractivity contribution >= 4 is 152 Å². The minimum Gasteiger partial charge on any atom is -0.488 e. The number of nitrogens with zero attached hydrogens (tertiary/aromatic N) is 6. The highest BCUT2D eigenvalue weighted by Crippen LogP contribution is 2.42. The van der Waals surface area contributed by atoms with Gasteiger partial charge in [0, 0.05) is 115 Å². The molecule has 1 saturated heterocycles. The number of benzene rings is 2. The molecule has 16 rings (SSSR count). The molecule has 576 valence electrons. The molecule has 28 heteroatoms. The number of ether oxygens (including phenoxy) is 2. The number of aryl methyl sites for hydroxylation is 5. The quantitative estimate of drug-likeness (QED) is 0.0521. The van der Waals surface area contributed by atoms with Gasteiger partial charge in [0.15, 0.2) is 11.6 Å². The Morgan fingerprint density at radius 3 is 1.43 bits per heavy atom. The molecule has 2 atom stereocenters. The summed E-state index contributed by atoms with van der Waals surface area (Å²) in [5.41, 5.74) is 11.7. The molecule has 6 amide bonds. The summed E-state index contributed by atoms with van der Waals surface area (Å²) in [4.78, 5) is 133. The Labute approximate surface area is 656 Å². The Kier molecular flexibility index (Phi) is 29.5. The van der Waals surface area contributed by atoms with Crippen molar-refractivity contribution in [1.29, 1.82) is 0 Å². The van der Waals surface area contributed by atoms with Crippen molar-refractivity contribution in [2.45, 2.75) is 136 Å². The summed E-state index contributed by atoms with van der Waals surface area (Å²) >= 11 is 3.33. The summed E-state index contributed by atoms with van der Waals surface area (Å²) in [6.45, 7) is 15.0. The van der Waals surface area contributed by atoms with Crippen LogP contribution in [-0.4, -0.2) is 125 Å². The maximum Gasteiger partial charge on any atom is 0.330 e. The number of aliphatic carboxylic acids is 1. The summed E-state index contributed by atoms with van der Waals surface area (Å²) in [5.74, 6) is 4.29. The number of piperidine rings is 1. The van der Waals surface area contributed by atoms with E-state index in [9.17, 15) is 47.9 Å². The Hall–Kier alpha value is -11.9. The van der Waals surface area contributed by atoms with E-state index in [-0.39, 0.29) is 71.5 Å². The first-order chi connectivity index (χ1) is 52.8. The van der Waals surface area contributed by atoms with Crippen molar-refractivity contribution in [1.82, 2.24) is 35.1 Å². The molecule has 0 saturated carbocycles. The number of carbonyl (C=O) groups excluding carboxylic acids is 9. The van der Waals surface area contributed by atoms with Crippen molar-refractivity contribution in [2.24, 2.45) is 0 Å². The molecule has 8 aliphatic rings. The van der Waals surface area contributed by atoms with E-state index < -0.39 is 11.6 Å². The van der Waals surface area contributed by atoms with E-state index in [0.717, 1.165) is 123 Å². The van der Waals surface area contributed by atoms with Gasteiger partial charge in [0.05, 0.1) is 13.1 Å². The number of hydrogen-bond acceptors (Lipinski definition) is 19. The first-order valence-corrected chi connectivity index (χ1v) is 36.7. The van der Waals surface area contributed by atoms with Gasteiger partial charge in [0.25, 0.3) is 0 Å². The van der Waals surface area contributed by atoms with E-state index >= 15 is 0 Å². The number of rotatable bonds is 9. The van der Waals surface area contributed by atoms with E-state index in [1.165, 1.54) is 54.8 Å². The third kappa shape index (κ3) is 24.8. The molecule has 7 N–H and O–H groups in total. The number of nitrogens with one attached hydrogen (secondary N) is 6. The van der Waals surface area contributed by atoms with Gasteiger partial charge in [-0.1, -0.05) is 43.0 Å². The van der Waals surface area contributed by atoms with Gasteiger partial charge < -0.3 is 55.8 Å². The van der Waals surface area contributed by atoms with Crippen LogP contribution in [-0.2, 0) is 97.8 Å². The lowest BCUT2D eigenvalue weighted by atomic mass is 9.89. The average molecular weight is 1590 g/mol. The number of para-hydroxylation sites is 2. The number of aromatic nitrogens is 5. The predicted molar refractivity (Wildman–Crippen MR) is 428 cm³/mol. The van der Waals surface area contributed by atoms with Crippen LogP contribution >= 0.6 is 28.3 Å². The van der Waals surface area contributed by atoms with E-state index in [1.54, 1.807) is 49.1 Å². The number of anilines is 5. The number of carboxylic acids is 1. The third-order valence-electron chi connectivity index (χ3n) is 17.8. The van der Waals surface area contributed by atoms with Gasteiger partial charge in [0.1, 0.15) is 57.9 Å². The number of amides is 6. The monoisotopic (exact) mass is 1590 g/mol. The molecular formula is C83H86BrClN12O14. The smallest absolute Gasteiger partial charge is 0.330 e. The summed E-state index contributed by atoms with van der Waals surface area (Å²) in [7, 11) is 0. The van der Waals surface area contributed by atoms with Crippen LogP contribution in [0.1, 0.15) is 146 Å². The lowest BCUT2D eigenvalue weighted by molar-refractivity contribution is -0.148. The highest BCUT2D eigenvalue weighted by Gasteiger charge is 2.39. The van der Waals surface area contributed by atoms with Crippen LogP contribution in [0.3, 0.4) is 0 Å². The second-order valence-corrected chi connectivity index (χ2v) is 28.4. The van der Waals surface area contributed by atoms with Crippen molar-refractivity contribution in [3.8, 4) is 5.75 Å². The van der Waals surface area contributed by atoms with E-state index in [4.69, 9.17) is 19.0 Å². The van der Waals surface area contributed by atoms with Gasteiger partial charge >= 0.3 is 11.9 Å². The number of hydrogen-bond donors (Lipinski definition) is 7. The lowest BCUT2D eigenvalue weighted by Gasteiger charge is -2.33. The van der Waals surface area contributed by atoms with Crippen molar-refractivity contribution < 1.29 is 66.9 Å². The number of pyridine rings is 5. The average Bonchev–Trinajstić information content (AvgIpc) is 1.64. The summed E-state index contributed by atoms with van der Waals surface area (Å²) < 4.78 is 17.6. The fourth-order valence-electron chi connectivity index (χ4n) is 12.5. The second kappa shape index (κ2) is 39.4. The number of furan rings is 1. The third-order valence-corrected chi connectivity index (χ3v) is 18.2. The second-order valence-electron chi connectivity index (χ2n) is 27.4. The fourth-order valence-corrected chi connectivity index (χ4v) is 12.9. The van der Waals surface area contributed by atoms with Crippen LogP contribution in [0.25, 0.3) is 35.3 Å². The van der Waals surface area contributed by atoms with Crippen molar-refractivity contribution in [3.63, 3.8) is 0 Å². The normalized spacial score (nSPS) is 16.5. The number of halogens is 2. The highest BCUT2D eigenvalue weighted by atomic mass is 79.9. The van der Waals surface area contributed by atoms with Gasteiger partial charge in [-0.2, -0.15) is 0 Å². The molecule has 2 aromatic carbocycles. The van der Waals surface area contributed by atoms with Gasteiger partial charge in [0.2, 0.25) is 35.4 Å². The zero-order valence-electron chi connectivity index (χ0n) is 62.0. The molecule has 0 spiro atoms. The standard InChI is InChI=1S/C22H21N3O3.2C12H12N2O2.C11H10N2O3.C11H11NO.C8H7BrN2O.C7H12O2.ClH/c26-20-7-6-15-11-14(12-23-22(15)24-20)5-8-21(27)25-10-9-17-16-3-1-2-4-18(16)28-19(17)13-25;2*1-8(15)2-3-9-6-10-4-5-11(16)14-12(10)13-7-9;14-9-3-2-8-5-7(1-4-10(15)16)6-12-11(8)13-9;1-2-4-10-8(3-1)9-5-6-12-7-11(9)13-10;9-6-3-5-1-2-7(12)11-8(5)10-4-6;1-5-6(8)9-7(2,3)4;/h1-5,8,11-12,17,19H,6-7,9-10,13H2,(H,23,24,26);2*2-3,6-7H,4-5H2,1H3,(H,13,14,16);1,4-6H,2-3H2,(H,15,16)(H,12,13,14);1-4,12H,5-7H2;3-4H,1-2H2,(H,10,11,12);5H,1H2,2-4H3;1H/b8-5+;2*3-2+;4-1+;;;;. The molecule has 0 radical (unpaired) electrons. The molecule has 0 aliphatic carbocycles.